The molecule has 0 atom stereocenters. The Bertz CT molecular complexity index is 353. The van der Waals surface area contributed by atoms with Crippen molar-refractivity contribution in [1.29, 1.82) is 0 Å². The fourth-order valence-corrected chi connectivity index (χ4v) is 2.31. The van der Waals surface area contributed by atoms with Crippen molar-refractivity contribution >= 4 is 12.0 Å². The van der Waals surface area contributed by atoms with Crippen molar-refractivity contribution < 1.29 is 19.4 Å². The molecule has 0 spiro atoms. The first kappa shape index (κ1) is 16.8. The Morgan fingerprint density at radius 2 is 1.95 bits per heavy atom. The molecule has 116 valence electrons. The Morgan fingerprint density at radius 3 is 2.30 bits per heavy atom. The fourth-order valence-electron chi connectivity index (χ4n) is 2.31. The number of aliphatic carboxylic acids is 1. The summed E-state index contributed by atoms with van der Waals surface area (Å²) in [5.41, 5.74) is -0.647. The lowest BCUT2D eigenvalue weighted by atomic mass is 9.80. The summed E-state index contributed by atoms with van der Waals surface area (Å²) in [6.07, 6.45) is 2.97. The van der Waals surface area contributed by atoms with Crippen molar-refractivity contribution in [2.75, 3.05) is 20.2 Å². The van der Waals surface area contributed by atoms with Gasteiger partial charge in [0.25, 0.3) is 0 Å². The molecule has 0 aromatic rings. The van der Waals surface area contributed by atoms with Crippen LogP contribution in [0.15, 0.2) is 0 Å². The van der Waals surface area contributed by atoms with E-state index in [9.17, 15) is 9.59 Å². The van der Waals surface area contributed by atoms with E-state index in [1.165, 1.54) is 0 Å². The van der Waals surface area contributed by atoms with Gasteiger partial charge in [0.2, 0.25) is 0 Å². The molecule has 0 unspecified atom stereocenters. The fraction of sp³-hybridized carbons (Fsp3) is 0.857. The number of carbonyl (C=O) groups is 2. The summed E-state index contributed by atoms with van der Waals surface area (Å²) in [5.74, 6) is -0.903. The van der Waals surface area contributed by atoms with Crippen LogP contribution in [0.25, 0.3) is 0 Å². The van der Waals surface area contributed by atoms with Crippen molar-refractivity contribution in [2.24, 2.45) is 0 Å². The Labute approximate surface area is 120 Å². The number of hydrogen-bond acceptors (Lipinski definition) is 3. The summed E-state index contributed by atoms with van der Waals surface area (Å²) < 4.78 is 5.46. The van der Waals surface area contributed by atoms with Crippen LogP contribution in [0.5, 0.6) is 0 Å². The number of carbonyl (C=O) groups excluding carboxylic acids is 1. The van der Waals surface area contributed by atoms with E-state index in [0.29, 0.717) is 6.54 Å². The first-order valence-corrected chi connectivity index (χ1v) is 7.03. The third-order valence-electron chi connectivity index (χ3n) is 3.86. The zero-order valence-corrected chi connectivity index (χ0v) is 12.9. The third-order valence-corrected chi connectivity index (χ3v) is 3.86. The zero-order valence-electron chi connectivity index (χ0n) is 12.9. The van der Waals surface area contributed by atoms with Gasteiger partial charge in [-0.2, -0.15) is 0 Å². The maximum absolute atomic E-state index is 12.3. The molecule has 1 saturated carbocycles. The summed E-state index contributed by atoms with van der Waals surface area (Å²) in [4.78, 5) is 24.5. The molecular formula is C14H26N2O4. The molecule has 2 amide bonds. The normalized spacial score (nSPS) is 17.2. The van der Waals surface area contributed by atoms with E-state index in [-0.39, 0.29) is 24.6 Å². The van der Waals surface area contributed by atoms with Crippen molar-refractivity contribution in [2.45, 2.75) is 57.6 Å². The highest BCUT2D eigenvalue weighted by atomic mass is 16.5. The van der Waals surface area contributed by atoms with E-state index < -0.39 is 11.5 Å². The molecule has 1 rings (SSSR count). The molecule has 6 nitrogen and oxygen atoms in total. The van der Waals surface area contributed by atoms with E-state index in [1.54, 1.807) is 12.0 Å². The van der Waals surface area contributed by atoms with Gasteiger partial charge in [0.1, 0.15) is 0 Å². The third kappa shape index (κ3) is 4.37. The highest BCUT2D eigenvalue weighted by Crippen LogP contribution is 2.34. The van der Waals surface area contributed by atoms with Gasteiger partial charge >= 0.3 is 12.0 Å². The second-order valence-electron chi connectivity index (χ2n) is 6.37. The molecule has 1 fully saturated rings. The van der Waals surface area contributed by atoms with Crippen LogP contribution in [0.2, 0.25) is 0 Å². The van der Waals surface area contributed by atoms with Gasteiger partial charge in [0.05, 0.1) is 12.0 Å². The summed E-state index contributed by atoms with van der Waals surface area (Å²) >= 11 is 0. The number of nitrogens with one attached hydrogen (secondary N) is 1. The summed E-state index contributed by atoms with van der Waals surface area (Å²) in [7, 11) is 1.66. The number of hydrogen-bond donors (Lipinski definition) is 2. The molecule has 0 radical (unpaired) electrons. The number of rotatable bonds is 6. The maximum Gasteiger partial charge on any atom is 0.317 e. The Morgan fingerprint density at radius 1 is 1.35 bits per heavy atom. The van der Waals surface area contributed by atoms with Crippen LogP contribution in [-0.4, -0.2) is 53.3 Å². The first-order valence-electron chi connectivity index (χ1n) is 7.03. The topological polar surface area (TPSA) is 78.9 Å². The van der Waals surface area contributed by atoms with Gasteiger partial charge in [-0.3, -0.25) is 4.79 Å². The highest BCUT2D eigenvalue weighted by Gasteiger charge is 2.38. The number of methoxy groups -OCH3 is 1. The molecule has 0 aromatic heterocycles. The van der Waals surface area contributed by atoms with Gasteiger partial charge in [-0.1, -0.05) is 0 Å². The lowest BCUT2D eigenvalue weighted by molar-refractivity contribution is -0.137. The number of urea groups is 1. The summed E-state index contributed by atoms with van der Waals surface area (Å²) in [6.45, 7) is 6.35. The maximum atomic E-state index is 12.3. The number of nitrogens with zero attached hydrogens (tertiary/aromatic N) is 1. The van der Waals surface area contributed by atoms with Gasteiger partial charge in [-0.25, -0.2) is 4.79 Å². The van der Waals surface area contributed by atoms with E-state index in [0.717, 1.165) is 19.3 Å². The number of carboxylic acid groups (broad SMARTS) is 1. The van der Waals surface area contributed by atoms with Crippen molar-refractivity contribution in [1.82, 2.24) is 10.2 Å². The molecule has 0 saturated heterocycles. The second-order valence-corrected chi connectivity index (χ2v) is 6.37. The number of carboxylic acids is 1. The Hall–Kier alpha value is -1.30. The molecule has 6 heteroatoms. The smallest absolute Gasteiger partial charge is 0.317 e. The minimum atomic E-state index is -0.903. The van der Waals surface area contributed by atoms with Crippen LogP contribution in [-0.2, 0) is 9.53 Å². The van der Waals surface area contributed by atoms with Crippen LogP contribution in [0.3, 0.4) is 0 Å². The second kappa shape index (κ2) is 6.43. The summed E-state index contributed by atoms with van der Waals surface area (Å²) in [6, 6.07) is -0.234. The number of ether oxygens (including phenoxy) is 1. The quantitative estimate of drug-likeness (QED) is 0.781. The van der Waals surface area contributed by atoms with Crippen LogP contribution in [0.1, 0.15) is 46.5 Å². The molecule has 0 heterocycles. The standard InChI is InChI=1S/C14H26N2O4/c1-13(2,3)16(9-6-11(17)18)12(19)15-10-14(20-4)7-5-8-14/h5-10H2,1-4H3,(H,15,19)(H,17,18). The van der Waals surface area contributed by atoms with E-state index in [4.69, 9.17) is 9.84 Å². The Kier molecular flexibility index (Phi) is 5.39. The monoisotopic (exact) mass is 286 g/mol. The average molecular weight is 286 g/mol. The van der Waals surface area contributed by atoms with E-state index in [1.807, 2.05) is 20.8 Å². The predicted octanol–water partition coefficient (Wildman–Crippen LogP) is 1.84. The minimum absolute atomic E-state index is 0.0554. The van der Waals surface area contributed by atoms with Crippen LogP contribution in [0, 0.1) is 0 Å². The van der Waals surface area contributed by atoms with E-state index >= 15 is 0 Å². The average Bonchev–Trinajstić information content (AvgIpc) is 2.26. The van der Waals surface area contributed by atoms with Crippen LogP contribution >= 0.6 is 0 Å². The van der Waals surface area contributed by atoms with Gasteiger partial charge in [0, 0.05) is 25.7 Å². The molecule has 0 aliphatic heterocycles. The largest absolute Gasteiger partial charge is 0.481 e. The molecule has 2 N–H and O–H groups in total. The lowest BCUT2D eigenvalue weighted by Gasteiger charge is -2.42. The summed E-state index contributed by atoms with van der Waals surface area (Å²) in [5, 5.41) is 11.7. The molecule has 1 aliphatic carbocycles. The van der Waals surface area contributed by atoms with Gasteiger partial charge in [0.15, 0.2) is 0 Å². The van der Waals surface area contributed by atoms with E-state index in [2.05, 4.69) is 5.32 Å². The molecule has 0 aromatic carbocycles. The van der Waals surface area contributed by atoms with Gasteiger partial charge in [-0.15, -0.1) is 0 Å². The molecule has 0 bridgehead atoms. The lowest BCUT2D eigenvalue weighted by Crippen LogP contribution is -2.56. The van der Waals surface area contributed by atoms with Gasteiger partial charge in [-0.05, 0) is 40.0 Å². The zero-order chi connectivity index (χ0) is 15.4. The highest BCUT2D eigenvalue weighted by molar-refractivity contribution is 5.76. The molecular weight excluding hydrogens is 260 g/mol. The Balaban J connectivity index is 2.57. The SMILES string of the molecule is COC1(CNC(=O)N(CCC(=O)O)C(C)(C)C)CCC1. The number of amides is 2. The first-order chi connectivity index (χ1) is 9.20. The predicted molar refractivity (Wildman–Crippen MR) is 75.7 cm³/mol. The molecule has 20 heavy (non-hydrogen) atoms. The van der Waals surface area contributed by atoms with Crippen molar-refractivity contribution in [3.8, 4) is 0 Å². The van der Waals surface area contributed by atoms with Crippen molar-refractivity contribution in [3.63, 3.8) is 0 Å². The van der Waals surface area contributed by atoms with Gasteiger partial charge < -0.3 is 20.1 Å². The van der Waals surface area contributed by atoms with Crippen molar-refractivity contribution in [3.05, 3.63) is 0 Å². The molecule has 1 aliphatic rings. The minimum Gasteiger partial charge on any atom is -0.481 e. The van der Waals surface area contributed by atoms with Crippen LogP contribution in [0.4, 0.5) is 4.79 Å². The van der Waals surface area contributed by atoms with Crippen LogP contribution < -0.4 is 5.32 Å².